The number of anilines is 1. The van der Waals surface area contributed by atoms with Crippen LogP contribution in [-0.2, 0) is 11.0 Å². The summed E-state index contributed by atoms with van der Waals surface area (Å²) in [7, 11) is 0. The van der Waals surface area contributed by atoms with Gasteiger partial charge in [0.25, 0.3) is 5.91 Å². The largest absolute Gasteiger partial charge is 0.416 e. The zero-order valence-electron chi connectivity index (χ0n) is 21.6. The highest BCUT2D eigenvalue weighted by atomic mass is 19.4. The van der Waals surface area contributed by atoms with Crippen molar-refractivity contribution in [1.29, 1.82) is 0 Å². The molecule has 1 heterocycles. The molecule has 0 saturated carbocycles. The van der Waals surface area contributed by atoms with Crippen LogP contribution in [0.4, 0.5) is 23.7 Å². The maximum Gasteiger partial charge on any atom is 0.416 e. The summed E-state index contributed by atoms with van der Waals surface area (Å²) in [4.78, 5) is 39.4. The highest BCUT2D eigenvalue weighted by Gasteiger charge is 2.32. The standard InChI is InChI=1S/C25H38F3N5O4/c1-4-8-21(34)20(14-29-16(3)5-2)31-22(35)15-30-23(36)18-13-17(25(26,27)28)9-10-19(18)32-24(37)33-11-6-7-12-33/h9-10,13,16,20-21,29,34H,4-8,11-12,14-15H2,1-3H3,(H,30,36)(H,31,35)(H,32,37). The first kappa shape index (κ1) is 30.4. The Labute approximate surface area is 215 Å². The van der Waals surface area contributed by atoms with Crippen molar-refractivity contribution in [3.05, 3.63) is 29.3 Å². The molecule has 0 spiro atoms. The molecule has 2 rings (SSSR count). The predicted molar refractivity (Wildman–Crippen MR) is 134 cm³/mol. The van der Waals surface area contributed by atoms with Gasteiger partial charge in [0, 0.05) is 25.7 Å². The molecule has 12 heteroatoms. The number of hydrogen-bond donors (Lipinski definition) is 5. The molecule has 37 heavy (non-hydrogen) atoms. The van der Waals surface area contributed by atoms with E-state index in [1.807, 2.05) is 20.8 Å². The fourth-order valence-corrected chi connectivity index (χ4v) is 3.90. The zero-order chi connectivity index (χ0) is 27.6. The summed E-state index contributed by atoms with van der Waals surface area (Å²) in [6.45, 7) is 6.71. The van der Waals surface area contributed by atoms with Gasteiger partial charge in [-0.3, -0.25) is 9.59 Å². The zero-order valence-corrected chi connectivity index (χ0v) is 21.6. The second-order valence-electron chi connectivity index (χ2n) is 9.31. The summed E-state index contributed by atoms with van der Waals surface area (Å²) in [5, 5.41) is 21.2. The van der Waals surface area contributed by atoms with E-state index in [1.165, 1.54) is 4.90 Å². The second-order valence-corrected chi connectivity index (χ2v) is 9.31. The summed E-state index contributed by atoms with van der Waals surface area (Å²) in [5.41, 5.74) is -1.55. The fraction of sp³-hybridized carbons (Fsp3) is 0.640. The third kappa shape index (κ3) is 9.51. The predicted octanol–water partition coefficient (Wildman–Crippen LogP) is 3.10. The van der Waals surface area contributed by atoms with Crippen LogP contribution in [0, 0.1) is 0 Å². The molecule has 0 aromatic heterocycles. The average molecular weight is 530 g/mol. The topological polar surface area (TPSA) is 123 Å². The van der Waals surface area contributed by atoms with Crippen LogP contribution >= 0.6 is 0 Å². The van der Waals surface area contributed by atoms with Crippen LogP contribution in [0.25, 0.3) is 0 Å². The number of halogens is 3. The fourth-order valence-electron chi connectivity index (χ4n) is 3.90. The molecule has 5 N–H and O–H groups in total. The van der Waals surface area contributed by atoms with E-state index in [0.29, 0.717) is 38.5 Å². The molecule has 3 atom stereocenters. The Kier molecular flexibility index (Phi) is 11.6. The van der Waals surface area contributed by atoms with Crippen molar-refractivity contribution in [3.63, 3.8) is 0 Å². The van der Waals surface area contributed by atoms with Gasteiger partial charge in [0.2, 0.25) is 5.91 Å². The van der Waals surface area contributed by atoms with E-state index < -0.39 is 53.8 Å². The number of carbonyl (C=O) groups is 3. The van der Waals surface area contributed by atoms with E-state index in [9.17, 15) is 32.7 Å². The van der Waals surface area contributed by atoms with Gasteiger partial charge in [0.1, 0.15) is 0 Å². The highest BCUT2D eigenvalue weighted by molar-refractivity contribution is 6.04. The van der Waals surface area contributed by atoms with E-state index in [-0.39, 0.29) is 11.7 Å². The Morgan fingerprint density at radius 3 is 2.41 bits per heavy atom. The van der Waals surface area contributed by atoms with Gasteiger partial charge in [-0.15, -0.1) is 0 Å². The van der Waals surface area contributed by atoms with E-state index in [0.717, 1.165) is 31.4 Å². The van der Waals surface area contributed by atoms with Crippen molar-refractivity contribution in [1.82, 2.24) is 20.9 Å². The number of nitrogens with zero attached hydrogens (tertiary/aromatic N) is 1. The van der Waals surface area contributed by atoms with E-state index in [4.69, 9.17) is 0 Å². The summed E-state index contributed by atoms with van der Waals surface area (Å²) in [6, 6.07) is 1.52. The number of likely N-dealkylation sites (tertiary alicyclic amines) is 1. The minimum Gasteiger partial charge on any atom is -0.391 e. The number of aliphatic hydroxyl groups is 1. The minimum absolute atomic E-state index is 0.0863. The van der Waals surface area contributed by atoms with Gasteiger partial charge in [-0.2, -0.15) is 13.2 Å². The number of nitrogens with one attached hydrogen (secondary N) is 4. The lowest BCUT2D eigenvalue weighted by atomic mass is 10.1. The van der Waals surface area contributed by atoms with Crippen LogP contribution in [-0.4, -0.2) is 72.2 Å². The highest BCUT2D eigenvalue weighted by Crippen LogP contribution is 2.32. The molecule has 1 fully saturated rings. The molecule has 1 aromatic carbocycles. The van der Waals surface area contributed by atoms with Gasteiger partial charge >= 0.3 is 12.2 Å². The number of hydrogen-bond acceptors (Lipinski definition) is 5. The summed E-state index contributed by atoms with van der Waals surface area (Å²) >= 11 is 0. The molecule has 1 saturated heterocycles. The van der Waals surface area contributed by atoms with E-state index in [2.05, 4.69) is 21.3 Å². The quantitative estimate of drug-likeness (QED) is 0.285. The number of alkyl halides is 3. The number of carbonyl (C=O) groups excluding carboxylic acids is 3. The van der Waals surface area contributed by atoms with Crippen LogP contribution in [0.1, 0.15) is 68.8 Å². The lowest BCUT2D eigenvalue weighted by Gasteiger charge is -2.26. The van der Waals surface area contributed by atoms with Gasteiger partial charge < -0.3 is 31.3 Å². The number of rotatable bonds is 12. The van der Waals surface area contributed by atoms with Crippen molar-refractivity contribution in [2.24, 2.45) is 0 Å². The first-order valence-electron chi connectivity index (χ1n) is 12.7. The van der Waals surface area contributed by atoms with Gasteiger partial charge in [0.05, 0.1) is 35.5 Å². The maximum atomic E-state index is 13.3. The van der Waals surface area contributed by atoms with E-state index in [1.54, 1.807) is 0 Å². The molecule has 1 aliphatic heterocycles. The first-order chi connectivity index (χ1) is 17.5. The molecule has 0 aliphatic carbocycles. The molecule has 208 valence electrons. The molecule has 0 radical (unpaired) electrons. The smallest absolute Gasteiger partial charge is 0.391 e. The van der Waals surface area contributed by atoms with E-state index >= 15 is 0 Å². The Morgan fingerprint density at radius 1 is 1.14 bits per heavy atom. The van der Waals surface area contributed by atoms with Gasteiger partial charge in [-0.25, -0.2) is 4.79 Å². The molecular formula is C25H38F3N5O4. The first-order valence-corrected chi connectivity index (χ1v) is 12.7. The lowest BCUT2D eigenvalue weighted by Crippen LogP contribution is -2.52. The van der Waals surface area contributed by atoms with Gasteiger partial charge in [-0.1, -0.05) is 20.3 Å². The average Bonchev–Trinajstić information content (AvgIpc) is 3.39. The van der Waals surface area contributed by atoms with Crippen molar-refractivity contribution in [3.8, 4) is 0 Å². The van der Waals surface area contributed by atoms with Crippen LogP contribution in [0.5, 0.6) is 0 Å². The Balaban J connectivity index is 2.11. The molecule has 3 unspecified atom stereocenters. The Morgan fingerprint density at radius 2 is 1.81 bits per heavy atom. The molecule has 4 amide bonds. The molecule has 9 nitrogen and oxygen atoms in total. The molecule has 1 aromatic rings. The number of urea groups is 1. The number of aliphatic hydroxyl groups excluding tert-OH is 1. The molecule has 1 aliphatic rings. The number of amides is 4. The van der Waals surface area contributed by atoms with Crippen LogP contribution in [0.15, 0.2) is 18.2 Å². The van der Waals surface area contributed by atoms with Crippen LogP contribution < -0.4 is 21.3 Å². The number of benzene rings is 1. The van der Waals surface area contributed by atoms with Crippen LogP contribution in [0.2, 0.25) is 0 Å². The van der Waals surface area contributed by atoms with Crippen molar-refractivity contribution in [2.75, 3.05) is 31.5 Å². The monoisotopic (exact) mass is 529 g/mol. The third-order valence-corrected chi connectivity index (χ3v) is 6.33. The third-order valence-electron chi connectivity index (χ3n) is 6.33. The summed E-state index contributed by atoms with van der Waals surface area (Å²) < 4.78 is 39.9. The molecule has 0 bridgehead atoms. The second kappa shape index (κ2) is 14.2. The lowest BCUT2D eigenvalue weighted by molar-refractivity contribution is -0.137. The maximum absolute atomic E-state index is 13.3. The van der Waals surface area contributed by atoms with Crippen molar-refractivity contribution in [2.45, 2.75) is 77.2 Å². The Bertz CT molecular complexity index is 922. The van der Waals surface area contributed by atoms with Gasteiger partial charge in [-0.05, 0) is 50.8 Å². The summed E-state index contributed by atoms with van der Waals surface area (Å²) in [6.07, 6.45) is -1.84. The normalized spacial score (nSPS) is 16.1. The van der Waals surface area contributed by atoms with Crippen molar-refractivity contribution < 1.29 is 32.7 Å². The van der Waals surface area contributed by atoms with Gasteiger partial charge in [0.15, 0.2) is 0 Å². The minimum atomic E-state index is -4.70. The molecular weight excluding hydrogens is 491 g/mol. The summed E-state index contributed by atoms with van der Waals surface area (Å²) in [5.74, 6) is -1.55. The van der Waals surface area contributed by atoms with Crippen molar-refractivity contribution >= 4 is 23.5 Å². The Hall–Kier alpha value is -2.86. The van der Waals surface area contributed by atoms with Crippen LogP contribution in [0.3, 0.4) is 0 Å². The SMILES string of the molecule is CCCC(O)C(CNC(C)CC)NC(=O)CNC(=O)c1cc(C(F)(F)F)ccc1NC(=O)N1CCCC1.